The molecule has 2 heterocycles. The van der Waals surface area contributed by atoms with Crippen molar-refractivity contribution < 1.29 is 14.0 Å². The normalized spacial score (nSPS) is 14.2. The first-order chi connectivity index (χ1) is 8.75. The van der Waals surface area contributed by atoms with Crippen LogP contribution in [0.4, 0.5) is 5.69 Å². The number of nitrogens with one attached hydrogen (secondary N) is 1. The van der Waals surface area contributed by atoms with E-state index in [1.807, 2.05) is 30.3 Å². The topological polar surface area (TPSA) is 59.3 Å². The monoisotopic (exact) mass is 237 g/mol. The van der Waals surface area contributed by atoms with E-state index in [0.29, 0.717) is 22.4 Å². The second-order valence-corrected chi connectivity index (χ2v) is 4.25. The zero-order chi connectivity index (χ0) is 12.3. The van der Waals surface area contributed by atoms with Crippen molar-refractivity contribution >= 4 is 39.3 Å². The number of hydrogen-bond acceptors (Lipinski definition) is 3. The van der Waals surface area contributed by atoms with Crippen molar-refractivity contribution in [2.24, 2.45) is 0 Å². The van der Waals surface area contributed by atoms with Gasteiger partial charge in [-0.3, -0.25) is 9.59 Å². The van der Waals surface area contributed by atoms with Gasteiger partial charge in [0.25, 0.3) is 11.7 Å². The molecule has 1 N–H and O–H groups in total. The first kappa shape index (κ1) is 9.41. The highest BCUT2D eigenvalue weighted by molar-refractivity contribution is 6.53. The molecule has 0 fully saturated rings. The van der Waals surface area contributed by atoms with Gasteiger partial charge < -0.3 is 9.73 Å². The maximum Gasteiger partial charge on any atom is 0.297 e. The minimum absolute atomic E-state index is 0.341. The summed E-state index contributed by atoms with van der Waals surface area (Å²) < 4.78 is 5.70. The molecule has 4 rings (SSSR count). The van der Waals surface area contributed by atoms with Gasteiger partial charge in [-0.05, 0) is 18.2 Å². The third kappa shape index (κ3) is 0.996. The third-order valence-corrected chi connectivity index (χ3v) is 3.23. The lowest BCUT2D eigenvalue weighted by Crippen LogP contribution is -2.12. The number of Topliss-reactive ketones (excluding diaryl/α,β-unsaturated/α-hetero) is 1. The molecule has 0 spiro atoms. The minimum Gasteiger partial charge on any atom is -0.455 e. The average Bonchev–Trinajstić information content (AvgIpc) is 2.88. The highest BCUT2D eigenvalue weighted by Crippen LogP contribution is 2.36. The fraction of sp³-hybridized carbons (Fsp3) is 0. The molecule has 86 valence electrons. The van der Waals surface area contributed by atoms with Crippen molar-refractivity contribution in [3.63, 3.8) is 0 Å². The van der Waals surface area contributed by atoms with Crippen LogP contribution < -0.4 is 5.32 Å². The Morgan fingerprint density at radius 3 is 2.67 bits per heavy atom. The van der Waals surface area contributed by atoms with Crippen molar-refractivity contribution in [1.82, 2.24) is 0 Å². The number of benzene rings is 2. The fourth-order valence-corrected chi connectivity index (χ4v) is 2.41. The molecule has 18 heavy (non-hydrogen) atoms. The van der Waals surface area contributed by atoms with Gasteiger partial charge in [0.2, 0.25) is 0 Å². The zero-order valence-corrected chi connectivity index (χ0v) is 9.19. The lowest BCUT2D eigenvalue weighted by atomic mass is 10.1. The molecule has 3 aromatic rings. The maximum absolute atomic E-state index is 11.8. The van der Waals surface area contributed by atoms with E-state index in [9.17, 15) is 9.59 Å². The van der Waals surface area contributed by atoms with Crippen molar-refractivity contribution in [1.29, 1.82) is 0 Å². The summed E-state index contributed by atoms with van der Waals surface area (Å²) in [6.07, 6.45) is 0. The van der Waals surface area contributed by atoms with Gasteiger partial charge in [-0.2, -0.15) is 0 Å². The van der Waals surface area contributed by atoms with E-state index < -0.39 is 11.7 Å². The summed E-state index contributed by atoms with van der Waals surface area (Å²) in [5.74, 6) is -1.13. The van der Waals surface area contributed by atoms with Gasteiger partial charge in [0.1, 0.15) is 11.2 Å². The molecular formula is C14H7NO3. The largest absolute Gasteiger partial charge is 0.455 e. The summed E-state index contributed by atoms with van der Waals surface area (Å²) in [4.78, 5) is 23.2. The predicted molar refractivity (Wildman–Crippen MR) is 66.7 cm³/mol. The molecule has 0 bridgehead atoms. The van der Waals surface area contributed by atoms with Gasteiger partial charge >= 0.3 is 0 Å². The fourth-order valence-electron chi connectivity index (χ4n) is 2.41. The zero-order valence-electron chi connectivity index (χ0n) is 9.19. The molecule has 4 heteroatoms. The lowest BCUT2D eigenvalue weighted by Gasteiger charge is -1.96. The number of rotatable bonds is 0. The smallest absolute Gasteiger partial charge is 0.297 e. The third-order valence-electron chi connectivity index (χ3n) is 3.23. The van der Waals surface area contributed by atoms with Crippen molar-refractivity contribution in [3.05, 3.63) is 42.0 Å². The number of ketones is 1. The highest BCUT2D eigenvalue weighted by atomic mass is 16.3. The first-order valence-electron chi connectivity index (χ1n) is 5.55. The number of para-hydroxylation sites is 1. The SMILES string of the molecule is O=C1Nc2ccc3c(oc4ccccc43)c2C1=O. The van der Waals surface area contributed by atoms with Gasteiger partial charge in [-0.15, -0.1) is 0 Å². The van der Waals surface area contributed by atoms with E-state index in [4.69, 9.17) is 4.42 Å². The molecule has 0 saturated carbocycles. The number of furan rings is 1. The summed E-state index contributed by atoms with van der Waals surface area (Å²) in [5, 5.41) is 4.34. The van der Waals surface area contributed by atoms with Crippen LogP contribution in [0.15, 0.2) is 40.8 Å². The molecule has 0 saturated heterocycles. The van der Waals surface area contributed by atoms with E-state index >= 15 is 0 Å². The highest BCUT2D eigenvalue weighted by Gasteiger charge is 2.31. The van der Waals surface area contributed by atoms with Crippen LogP contribution in [0.1, 0.15) is 10.4 Å². The average molecular weight is 237 g/mol. The van der Waals surface area contributed by atoms with Gasteiger partial charge in [-0.25, -0.2) is 0 Å². The molecule has 1 aliphatic rings. The Bertz CT molecular complexity index is 845. The number of amides is 1. The molecule has 0 radical (unpaired) electrons. The summed E-state index contributed by atoms with van der Waals surface area (Å²) in [5.41, 5.74) is 2.07. The summed E-state index contributed by atoms with van der Waals surface area (Å²) >= 11 is 0. The lowest BCUT2D eigenvalue weighted by molar-refractivity contribution is -0.112. The molecule has 2 aromatic carbocycles. The van der Waals surface area contributed by atoms with Crippen LogP contribution in [0.3, 0.4) is 0 Å². The van der Waals surface area contributed by atoms with Crippen LogP contribution in [0.5, 0.6) is 0 Å². The Labute approximate surface area is 101 Å². The van der Waals surface area contributed by atoms with Crippen LogP contribution in [0.2, 0.25) is 0 Å². The number of carbonyl (C=O) groups is 2. The van der Waals surface area contributed by atoms with E-state index in [0.717, 1.165) is 10.8 Å². The quantitative estimate of drug-likeness (QED) is 0.611. The molecule has 1 aliphatic heterocycles. The Balaban J connectivity index is 2.23. The van der Waals surface area contributed by atoms with Gasteiger partial charge in [0.15, 0.2) is 0 Å². The summed E-state index contributed by atoms with van der Waals surface area (Å²) in [6, 6.07) is 11.2. The Morgan fingerprint density at radius 1 is 0.944 bits per heavy atom. The van der Waals surface area contributed by atoms with Crippen LogP contribution in [0, 0.1) is 0 Å². The van der Waals surface area contributed by atoms with Crippen molar-refractivity contribution in [3.8, 4) is 0 Å². The Kier molecular flexibility index (Phi) is 1.56. The number of hydrogen-bond donors (Lipinski definition) is 1. The molecule has 1 amide bonds. The van der Waals surface area contributed by atoms with Crippen LogP contribution >= 0.6 is 0 Å². The number of anilines is 1. The van der Waals surface area contributed by atoms with Crippen molar-refractivity contribution in [2.45, 2.75) is 0 Å². The molecule has 4 nitrogen and oxygen atoms in total. The number of fused-ring (bicyclic) bond motifs is 5. The predicted octanol–water partition coefficient (Wildman–Crippen LogP) is 2.72. The van der Waals surface area contributed by atoms with Gasteiger partial charge in [-0.1, -0.05) is 18.2 Å². The number of carbonyl (C=O) groups excluding carboxylic acids is 2. The van der Waals surface area contributed by atoms with E-state index in [-0.39, 0.29) is 0 Å². The van der Waals surface area contributed by atoms with E-state index in [2.05, 4.69) is 5.32 Å². The minimum atomic E-state index is -0.599. The maximum atomic E-state index is 11.8. The van der Waals surface area contributed by atoms with Crippen LogP contribution in [-0.2, 0) is 4.79 Å². The molecule has 0 unspecified atom stereocenters. The Hall–Kier alpha value is -2.62. The van der Waals surface area contributed by atoms with Crippen molar-refractivity contribution in [2.75, 3.05) is 5.32 Å². The second-order valence-electron chi connectivity index (χ2n) is 4.25. The molecular weight excluding hydrogens is 230 g/mol. The van der Waals surface area contributed by atoms with Gasteiger partial charge in [0.05, 0.1) is 11.3 Å². The van der Waals surface area contributed by atoms with E-state index in [1.165, 1.54) is 0 Å². The second kappa shape index (κ2) is 2.98. The van der Waals surface area contributed by atoms with Crippen LogP contribution in [0.25, 0.3) is 21.9 Å². The molecule has 0 atom stereocenters. The summed E-state index contributed by atoms with van der Waals surface area (Å²) in [6.45, 7) is 0. The summed E-state index contributed by atoms with van der Waals surface area (Å²) in [7, 11) is 0. The van der Waals surface area contributed by atoms with Gasteiger partial charge in [0, 0.05) is 10.8 Å². The van der Waals surface area contributed by atoms with E-state index in [1.54, 1.807) is 6.07 Å². The Morgan fingerprint density at radius 2 is 1.78 bits per heavy atom. The standard InChI is InChI=1S/C14H7NO3/c16-12-11-9(15-14(12)17)6-5-8-7-3-1-2-4-10(7)18-13(8)11/h1-6H,(H,15,16,17). The first-order valence-corrected chi connectivity index (χ1v) is 5.55. The molecule has 0 aliphatic carbocycles. The van der Waals surface area contributed by atoms with Crippen LogP contribution in [-0.4, -0.2) is 11.7 Å². The molecule has 1 aromatic heterocycles.